The quantitative estimate of drug-likeness (QED) is 0.937. The molecule has 0 saturated heterocycles. The first kappa shape index (κ1) is 16.3. The molecule has 0 amide bonds. The summed E-state index contributed by atoms with van der Waals surface area (Å²) in [7, 11) is -3.87. The second-order valence-corrected chi connectivity index (χ2v) is 6.76. The summed E-state index contributed by atoms with van der Waals surface area (Å²) in [5.74, 6) is -0.463. The predicted molar refractivity (Wildman–Crippen MR) is 74.1 cm³/mol. The van der Waals surface area contributed by atoms with Crippen molar-refractivity contribution in [1.29, 1.82) is 0 Å². The zero-order valence-corrected chi connectivity index (χ0v) is 12.2. The Morgan fingerprint density at radius 3 is 2.36 bits per heavy atom. The second-order valence-electron chi connectivity index (χ2n) is 4.51. The molecule has 118 valence electrons. The van der Waals surface area contributed by atoms with Gasteiger partial charge in [-0.2, -0.15) is 13.2 Å². The summed E-state index contributed by atoms with van der Waals surface area (Å²) in [5, 5.41) is 9.20. The molecule has 0 saturated carbocycles. The summed E-state index contributed by atoms with van der Waals surface area (Å²) in [5.41, 5.74) is -0.810. The van der Waals surface area contributed by atoms with Crippen molar-refractivity contribution in [3.63, 3.8) is 0 Å². The lowest BCUT2D eigenvalue weighted by atomic mass is 10.1. The van der Waals surface area contributed by atoms with Crippen molar-refractivity contribution < 1.29 is 26.7 Å². The molecule has 0 spiro atoms. The summed E-state index contributed by atoms with van der Waals surface area (Å²) in [6.45, 7) is 1.35. The molecule has 2 aromatic rings. The van der Waals surface area contributed by atoms with Crippen LogP contribution in [0.3, 0.4) is 0 Å². The zero-order valence-electron chi connectivity index (χ0n) is 11.4. The minimum absolute atomic E-state index is 0.0647. The van der Waals surface area contributed by atoms with E-state index in [2.05, 4.69) is 4.98 Å². The van der Waals surface area contributed by atoms with E-state index in [-0.39, 0.29) is 22.8 Å². The van der Waals surface area contributed by atoms with Gasteiger partial charge in [-0.05, 0) is 24.3 Å². The van der Waals surface area contributed by atoms with Crippen LogP contribution in [0.4, 0.5) is 13.2 Å². The summed E-state index contributed by atoms with van der Waals surface area (Å²) in [6, 6.07) is 5.11. The number of halogens is 3. The van der Waals surface area contributed by atoms with Crippen LogP contribution in [0.1, 0.15) is 12.5 Å². The highest BCUT2D eigenvalue weighted by atomic mass is 32.2. The molecule has 4 nitrogen and oxygen atoms in total. The van der Waals surface area contributed by atoms with Crippen molar-refractivity contribution in [2.75, 3.05) is 5.75 Å². The fraction of sp³-hybridized carbons (Fsp3) is 0.214. The van der Waals surface area contributed by atoms with Gasteiger partial charge in [0.25, 0.3) is 0 Å². The minimum atomic E-state index is -4.64. The summed E-state index contributed by atoms with van der Waals surface area (Å²) in [4.78, 5) is 3.43. The molecule has 0 fully saturated rings. The van der Waals surface area contributed by atoms with Crippen molar-refractivity contribution in [2.45, 2.75) is 18.0 Å². The molecule has 0 atom stereocenters. The van der Waals surface area contributed by atoms with E-state index in [9.17, 15) is 26.7 Å². The van der Waals surface area contributed by atoms with Gasteiger partial charge in [0.05, 0.1) is 28.1 Å². The highest BCUT2D eigenvalue weighted by molar-refractivity contribution is 7.91. The maximum absolute atomic E-state index is 12.8. The van der Waals surface area contributed by atoms with Gasteiger partial charge in [-0.1, -0.05) is 13.0 Å². The summed E-state index contributed by atoms with van der Waals surface area (Å²) in [6.07, 6.45) is -3.55. The Kier molecular flexibility index (Phi) is 4.15. The molecule has 22 heavy (non-hydrogen) atoms. The number of pyridine rings is 1. The fourth-order valence-corrected chi connectivity index (χ4v) is 2.99. The maximum Gasteiger partial charge on any atom is 0.416 e. The third-order valence-electron chi connectivity index (χ3n) is 3.05. The molecule has 0 radical (unpaired) electrons. The third-order valence-corrected chi connectivity index (χ3v) is 4.82. The van der Waals surface area contributed by atoms with Crippen molar-refractivity contribution in [2.24, 2.45) is 0 Å². The molecule has 1 N–H and O–H groups in total. The van der Waals surface area contributed by atoms with Crippen LogP contribution in [0, 0.1) is 0 Å². The van der Waals surface area contributed by atoms with Crippen molar-refractivity contribution in [3.8, 4) is 17.0 Å². The van der Waals surface area contributed by atoms with Gasteiger partial charge in [0.15, 0.2) is 9.84 Å². The van der Waals surface area contributed by atoms with Crippen LogP contribution in [0.25, 0.3) is 11.3 Å². The van der Waals surface area contributed by atoms with Crippen LogP contribution >= 0.6 is 0 Å². The first-order chi connectivity index (χ1) is 10.1. The first-order valence-corrected chi connectivity index (χ1v) is 7.90. The number of aromatic nitrogens is 1. The van der Waals surface area contributed by atoms with Crippen molar-refractivity contribution in [3.05, 3.63) is 42.1 Å². The minimum Gasteiger partial charge on any atom is -0.506 e. The molecular formula is C14H12F3NO3S. The third kappa shape index (κ3) is 3.22. The number of benzene rings is 1. The van der Waals surface area contributed by atoms with E-state index in [1.165, 1.54) is 19.1 Å². The Balaban J connectivity index is 2.71. The van der Waals surface area contributed by atoms with Gasteiger partial charge in [-0.3, -0.25) is 4.98 Å². The lowest BCUT2D eigenvalue weighted by molar-refractivity contribution is -0.137. The Morgan fingerprint density at radius 2 is 1.86 bits per heavy atom. The van der Waals surface area contributed by atoms with Gasteiger partial charge < -0.3 is 5.11 Å². The van der Waals surface area contributed by atoms with E-state index >= 15 is 0 Å². The number of alkyl halides is 3. The molecule has 0 aliphatic rings. The molecule has 0 bridgehead atoms. The summed E-state index contributed by atoms with van der Waals surface area (Å²) < 4.78 is 62.6. The molecule has 2 rings (SSSR count). The highest BCUT2D eigenvalue weighted by Gasteiger charge is 2.32. The van der Waals surface area contributed by atoms with E-state index in [0.29, 0.717) is 6.07 Å². The molecular weight excluding hydrogens is 319 g/mol. The smallest absolute Gasteiger partial charge is 0.416 e. The Labute approximate surface area is 125 Å². The van der Waals surface area contributed by atoms with E-state index in [4.69, 9.17) is 0 Å². The van der Waals surface area contributed by atoms with Crippen LogP contribution in [0.15, 0.2) is 41.4 Å². The lowest BCUT2D eigenvalue weighted by Crippen LogP contribution is -2.10. The number of hydrogen-bond donors (Lipinski definition) is 1. The molecule has 0 aliphatic carbocycles. The van der Waals surface area contributed by atoms with E-state index in [1.807, 2.05) is 0 Å². The van der Waals surface area contributed by atoms with Crippen LogP contribution in [-0.4, -0.2) is 24.3 Å². The normalized spacial score (nSPS) is 12.4. The van der Waals surface area contributed by atoms with Gasteiger partial charge in [0.1, 0.15) is 5.75 Å². The number of nitrogens with zero attached hydrogens (tertiary/aromatic N) is 1. The number of aromatic hydroxyl groups is 1. The maximum atomic E-state index is 12.8. The Hall–Kier alpha value is -2.09. The van der Waals surface area contributed by atoms with E-state index < -0.39 is 26.5 Å². The van der Waals surface area contributed by atoms with Crippen molar-refractivity contribution in [1.82, 2.24) is 4.98 Å². The molecule has 1 heterocycles. The topological polar surface area (TPSA) is 67.3 Å². The molecule has 8 heteroatoms. The first-order valence-electron chi connectivity index (χ1n) is 6.24. The van der Waals surface area contributed by atoms with E-state index in [1.54, 1.807) is 0 Å². The number of hydrogen-bond acceptors (Lipinski definition) is 4. The zero-order chi connectivity index (χ0) is 16.5. The van der Waals surface area contributed by atoms with Gasteiger partial charge in [-0.15, -0.1) is 0 Å². The standard InChI is InChI=1S/C14H12F3NO3S/c1-2-22(20,21)13-7-9(14(15,16)17)3-5-11(13)12-6-4-10(19)8-18-12/h3-8,19H,2H2,1H3. The second kappa shape index (κ2) is 5.60. The van der Waals surface area contributed by atoms with Gasteiger partial charge in [-0.25, -0.2) is 8.42 Å². The SMILES string of the molecule is CCS(=O)(=O)c1cc(C(F)(F)F)ccc1-c1ccc(O)cn1. The van der Waals surface area contributed by atoms with Crippen molar-refractivity contribution >= 4 is 9.84 Å². The highest BCUT2D eigenvalue weighted by Crippen LogP contribution is 2.35. The average Bonchev–Trinajstić information content (AvgIpc) is 2.46. The Bertz CT molecular complexity index is 784. The van der Waals surface area contributed by atoms with Gasteiger partial charge in [0.2, 0.25) is 0 Å². The number of sulfone groups is 1. The molecule has 1 aromatic heterocycles. The lowest BCUT2D eigenvalue weighted by Gasteiger charge is -2.13. The Morgan fingerprint density at radius 1 is 1.18 bits per heavy atom. The monoisotopic (exact) mass is 331 g/mol. The largest absolute Gasteiger partial charge is 0.506 e. The number of rotatable bonds is 3. The van der Waals surface area contributed by atoms with Crippen LogP contribution in [-0.2, 0) is 16.0 Å². The van der Waals surface area contributed by atoms with Crippen LogP contribution in [0.5, 0.6) is 5.75 Å². The molecule has 0 aliphatic heterocycles. The van der Waals surface area contributed by atoms with Crippen LogP contribution in [0.2, 0.25) is 0 Å². The molecule has 1 aromatic carbocycles. The predicted octanol–water partition coefficient (Wildman–Crippen LogP) is 3.27. The van der Waals surface area contributed by atoms with Crippen LogP contribution < -0.4 is 0 Å². The van der Waals surface area contributed by atoms with E-state index in [0.717, 1.165) is 18.3 Å². The average molecular weight is 331 g/mol. The van der Waals surface area contributed by atoms with Gasteiger partial charge >= 0.3 is 6.18 Å². The fourth-order valence-electron chi connectivity index (χ4n) is 1.87. The summed E-state index contributed by atoms with van der Waals surface area (Å²) >= 11 is 0. The molecule has 0 unspecified atom stereocenters. The van der Waals surface area contributed by atoms with Gasteiger partial charge in [0, 0.05) is 5.56 Å².